The van der Waals surface area contributed by atoms with Gasteiger partial charge in [0.05, 0.1) is 25.4 Å². The molecule has 0 aromatic heterocycles. The zero-order valence-electron chi connectivity index (χ0n) is 19.0. The monoisotopic (exact) mass is 451 g/mol. The fraction of sp³-hybridized carbons (Fsp3) is 0.320. The Labute approximate surface area is 193 Å². The van der Waals surface area contributed by atoms with Crippen LogP contribution in [0.4, 0.5) is 15.3 Å². The van der Waals surface area contributed by atoms with Crippen molar-refractivity contribution in [1.29, 1.82) is 0 Å². The maximum atomic E-state index is 14.1. The van der Waals surface area contributed by atoms with E-state index in [0.29, 0.717) is 24.2 Å². The Morgan fingerprint density at radius 2 is 1.73 bits per heavy atom. The standard InChI is InChI=1S/C25H29N3O5/c1-4-7-17-25(28(24(31)33-6-3)26-23(30)32-5-2)20-15-11-12-16-21(20)27(22(25)29)18-19-13-9-8-10-14-19/h4,8-16H,1,5-7,17-18H2,2-3H3,(H,26,30)/t25-/m0/s1. The molecule has 8 nitrogen and oxygen atoms in total. The van der Waals surface area contributed by atoms with Gasteiger partial charge in [0.2, 0.25) is 0 Å². The molecule has 0 fully saturated rings. The van der Waals surface area contributed by atoms with E-state index in [2.05, 4.69) is 12.0 Å². The predicted octanol–water partition coefficient (Wildman–Crippen LogP) is 4.51. The molecule has 0 aliphatic carbocycles. The van der Waals surface area contributed by atoms with Crippen LogP contribution in [0.2, 0.25) is 0 Å². The first-order valence-electron chi connectivity index (χ1n) is 11.0. The smallest absolute Gasteiger partial charge is 0.430 e. The molecule has 0 radical (unpaired) electrons. The molecular formula is C25H29N3O5. The Morgan fingerprint density at radius 1 is 1.06 bits per heavy atom. The predicted molar refractivity (Wildman–Crippen MR) is 124 cm³/mol. The van der Waals surface area contributed by atoms with E-state index in [1.807, 2.05) is 42.5 Å². The lowest BCUT2D eigenvalue weighted by molar-refractivity contribution is -0.131. The number of hydrogen-bond donors (Lipinski definition) is 1. The second-order valence-corrected chi connectivity index (χ2v) is 7.45. The van der Waals surface area contributed by atoms with Gasteiger partial charge in [-0.3, -0.25) is 4.79 Å². The van der Waals surface area contributed by atoms with Gasteiger partial charge in [0.15, 0.2) is 5.54 Å². The molecule has 0 bridgehead atoms. The molecule has 8 heteroatoms. The first-order valence-corrected chi connectivity index (χ1v) is 11.0. The molecule has 1 aliphatic heterocycles. The number of rotatable bonds is 8. The van der Waals surface area contributed by atoms with Crippen LogP contribution in [0, 0.1) is 0 Å². The van der Waals surface area contributed by atoms with Crippen molar-refractivity contribution in [3.05, 3.63) is 78.4 Å². The largest absolute Gasteiger partial charge is 0.449 e. The third-order valence-corrected chi connectivity index (χ3v) is 5.44. The van der Waals surface area contributed by atoms with Crippen LogP contribution in [0.15, 0.2) is 67.3 Å². The Morgan fingerprint density at radius 3 is 2.39 bits per heavy atom. The van der Waals surface area contributed by atoms with Crippen LogP contribution in [-0.4, -0.2) is 36.3 Å². The summed E-state index contributed by atoms with van der Waals surface area (Å²) in [5, 5.41) is 0.976. The normalized spacial score (nSPS) is 16.7. The first-order chi connectivity index (χ1) is 16.0. The topological polar surface area (TPSA) is 88.2 Å². The fourth-order valence-corrected chi connectivity index (χ4v) is 4.05. The van der Waals surface area contributed by atoms with Gasteiger partial charge in [0.1, 0.15) is 0 Å². The number of fused-ring (bicyclic) bond motifs is 1. The van der Waals surface area contributed by atoms with Gasteiger partial charge in [-0.1, -0.05) is 54.6 Å². The number of hydrogen-bond acceptors (Lipinski definition) is 5. The molecule has 0 saturated carbocycles. The minimum absolute atomic E-state index is 0.0704. The van der Waals surface area contributed by atoms with Crippen LogP contribution in [0.5, 0.6) is 0 Å². The van der Waals surface area contributed by atoms with Gasteiger partial charge in [-0.05, 0) is 38.3 Å². The van der Waals surface area contributed by atoms with Crippen molar-refractivity contribution < 1.29 is 23.9 Å². The second-order valence-electron chi connectivity index (χ2n) is 7.45. The van der Waals surface area contributed by atoms with Crippen molar-refractivity contribution >= 4 is 23.8 Å². The van der Waals surface area contributed by atoms with E-state index in [-0.39, 0.29) is 25.5 Å². The van der Waals surface area contributed by atoms with E-state index < -0.39 is 17.7 Å². The summed E-state index contributed by atoms with van der Waals surface area (Å²) in [4.78, 5) is 41.3. The zero-order chi connectivity index (χ0) is 23.8. The highest BCUT2D eigenvalue weighted by molar-refractivity contribution is 6.09. The Bertz CT molecular complexity index is 1010. The average molecular weight is 452 g/mol. The number of nitrogens with one attached hydrogen (secondary N) is 1. The molecule has 1 atom stereocenters. The van der Waals surface area contributed by atoms with Crippen molar-refractivity contribution in [2.75, 3.05) is 18.1 Å². The van der Waals surface area contributed by atoms with Gasteiger partial charge < -0.3 is 14.4 Å². The number of allylic oxidation sites excluding steroid dienone is 1. The summed E-state index contributed by atoms with van der Waals surface area (Å²) < 4.78 is 10.2. The van der Waals surface area contributed by atoms with Crippen molar-refractivity contribution in [2.24, 2.45) is 0 Å². The third-order valence-electron chi connectivity index (χ3n) is 5.44. The average Bonchev–Trinajstić information content (AvgIpc) is 3.05. The number of benzene rings is 2. The number of para-hydroxylation sites is 1. The molecule has 0 spiro atoms. The van der Waals surface area contributed by atoms with Crippen molar-refractivity contribution in [1.82, 2.24) is 10.4 Å². The van der Waals surface area contributed by atoms with Crippen LogP contribution in [-0.2, 0) is 26.4 Å². The molecule has 1 N–H and O–H groups in total. The van der Waals surface area contributed by atoms with Crippen LogP contribution in [0.3, 0.4) is 0 Å². The van der Waals surface area contributed by atoms with Gasteiger partial charge in [0.25, 0.3) is 5.91 Å². The number of nitrogens with zero attached hydrogens (tertiary/aromatic N) is 2. The number of anilines is 1. The van der Waals surface area contributed by atoms with Gasteiger partial charge in [0, 0.05) is 5.56 Å². The number of hydrazine groups is 1. The Balaban J connectivity index is 2.15. The molecule has 3 rings (SSSR count). The highest BCUT2D eigenvalue weighted by Crippen LogP contribution is 2.47. The molecule has 1 heterocycles. The molecule has 3 amide bonds. The number of carbonyl (C=O) groups excluding carboxylic acids is 3. The maximum absolute atomic E-state index is 14.1. The van der Waals surface area contributed by atoms with Crippen molar-refractivity contribution in [3.63, 3.8) is 0 Å². The number of amides is 3. The summed E-state index contributed by atoms with van der Waals surface area (Å²) in [5.41, 5.74) is 3.13. The van der Waals surface area contributed by atoms with Gasteiger partial charge in [-0.15, -0.1) is 6.58 Å². The molecule has 1 aliphatic rings. The summed E-state index contributed by atoms with van der Waals surface area (Å²) >= 11 is 0. The summed E-state index contributed by atoms with van der Waals surface area (Å²) in [6.07, 6.45) is 0.586. The molecule has 0 saturated heterocycles. The molecule has 2 aromatic carbocycles. The lowest BCUT2D eigenvalue weighted by Crippen LogP contribution is -2.62. The quantitative estimate of drug-likeness (QED) is 0.471. The molecule has 33 heavy (non-hydrogen) atoms. The van der Waals surface area contributed by atoms with Crippen LogP contribution >= 0.6 is 0 Å². The lowest BCUT2D eigenvalue weighted by atomic mass is 9.85. The van der Waals surface area contributed by atoms with E-state index in [1.165, 1.54) is 0 Å². The van der Waals surface area contributed by atoms with Gasteiger partial charge >= 0.3 is 12.2 Å². The summed E-state index contributed by atoms with van der Waals surface area (Å²) in [6, 6.07) is 16.8. The molecular weight excluding hydrogens is 422 g/mol. The molecule has 174 valence electrons. The lowest BCUT2D eigenvalue weighted by Gasteiger charge is -2.38. The van der Waals surface area contributed by atoms with E-state index in [0.717, 1.165) is 10.6 Å². The number of carbonyl (C=O) groups is 3. The van der Waals surface area contributed by atoms with E-state index in [9.17, 15) is 14.4 Å². The summed E-state index contributed by atoms with van der Waals surface area (Å²) in [7, 11) is 0. The maximum Gasteiger partial charge on any atom is 0.430 e. The Kier molecular flexibility index (Phi) is 7.71. The van der Waals surface area contributed by atoms with Gasteiger partial charge in [-0.25, -0.2) is 15.0 Å². The van der Waals surface area contributed by atoms with E-state index in [4.69, 9.17) is 9.47 Å². The van der Waals surface area contributed by atoms with E-state index >= 15 is 0 Å². The van der Waals surface area contributed by atoms with Crippen molar-refractivity contribution in [2.45, 2.75) is 38.8 Å². The number of ether oxygens (including phenoxy) is 2. The summed E-state index contributed by atoms with van der Waals surface area (Å²) in [5.74, 6) is -0.348. The SMILES string of the molecule is C=CCC[C@@]1(N(NC(=O)OCC)C(=O)OCC)C(=O)N(Cc2ccccc2)c2ccccc21. The van der Waals surface area contributed by atoms with Crippen LogP contribution < -0.4 is 10.3 Å². The second kappa shape index (κ2) is 10.7. The Hall–Kier alpha value is -3.81. The highest BCUT2D eigenvalue weighted by atomic mass is 16.6. The summed E-state index contributed by atoms with van der Waals surface area (Å²) in [6.45, 7) is 7.57. The fourth-order valence-electron chi connectivity index (χ4n) is 4.05. The minimum atomic E-state index is -1.53. The van der Waals surface area contributed by atoms with Crippen LogP contribution in [0.1, 0.15) is 37.8 Å². The van der Waals surface area contributed by atoms with Crippen LogP contribution in [0.25, 0.3) is 0 Å². The van der Waals surface area contributed by atoms with Gasteiger partial charge in [-0.2, -0.15) is 5.01 Å². The molecule has 2 aromatic rings. The van der Waals surface area contributed by atoms with E-state index in [1.54, 1.807) is 37.0 Å². The van der Waals surface area contributed by atoms with Crippen molar-refractivity contribution in [3.8, 4) is 0 Å². The molecule has 0 unspecified atom stereocenters. The third kappa shape index (κ3) is 4.69. The zero-order valence-corrected chi connectivity index (χ0v) is 19.0. The highest BCUT2D eigenvalue weighted by Gasteiger charge is 2.57. The first kappa shape index (κ1) is 23.8. The minimum Gasteiger partial charge on any atom is -0.449 e.